The van der Waals surface area contributed by atoms with Gasteiger partial charge in [0.05, 0.1) is 25.5 Å². The van der Waals surface area contributed by atoms with E-state index in [4.69, 9.17) is 4.74 Å². The molecule has 2 aliphatic rings. The number of aryl methyl sites for hydroxylation is 1. The van der Waals surface area contributed by atoms with Crippen LogP contribution in [0.3, 0.4) is 0 Å². The molecule has 3 N–H and O–H groups in total. The van der Waals surface area contributed by atoms with Gasteiger partial charge in [-0.3, -0.25) is 4.79 Å². The third-order valence-electron chi connectivity index (χ3n) is 7.80. The number of rotatable bonds is 5. The van der Waals surface area contributed by atoms with Crippen molar-refractivity contribution in [3.63, 3.8) is 0 Å². The number of ether oxygens (including phenoxy) is 1. The summed E-state index contributed by atoms with van der Waals surface area (Å²) in [6.07, 6.45) is 5.41. The second-order valence-corrected chi connectivity index (χ2v) is 11.5. The number of likely N-dealkylation sites (tertiary alicyclic amines) is 1. The Morgan fingerprint density at radius 1 is 1.32 bits per heavy atom. The first kappa shape index (κ1) is 24.5. The van der Waals surface area contributed by atoms with Crippen molar-refractivity contribution in [2.75, 3.05) is 32.8 Å². The monoisotopic (exact) mass is 522 g/mol. The first-order chi connectivity index (χ1) is 18.0. The summed E-state index contributed by atoms with van der Waals surface area (Å²) in [7, 11) is 0. The molecule has 1 atom stereocenters. The van der Waals surface area contributed by atoms with E-state index in [2.05, 4.69) is 47.2 Å². The molecule has 0 unspecified atom stereocenters. The number of morpholine rings is 1. The minimum atomic E-state index is -0.231. The van der Waals surface area contributed by atoms with E-state index in [9.17, 15) is 9.90 Å². The van der Waals surface area contributed by atoms with E-state index >= 15 is 0 Å². The van der Waals surface area contributed by atoms with Crippen LogP contribution in [0.25, 0.3) is 27.1 Å². The van der Waals surface area contributed by atoms with Crippen molar-refractivity contribution in [3.8, 4) is 11.3 Å². The Kier molecular flexibility index (Phi) is 6.52. The van der Waals surface area contributed by atoms with Crippen LogP contribution in [0.4, 0.5) is 0 Å². The quantitative estimate of drug-likeness (QED) is 0.370. The van der Waals surface area contributed by atoms with Crippen molar-refractivity contribution in [2.45, 2.75) is 58.1 Å². The highest BCUT2D eigenvalue weighted by molar-refractivity contribution is 7.19. The number of hydrogen-bond donors (Lipinski definition) is 3. The van der Waals surface area contributed by atoms with Gasteiger partial charge in [0.25, 0.3) is 0 Å². The summed E-state index contributed by atoms with van der Waals surface area (Å²) in [5.74, 6) is 0.753. The number of fused-ring (bicyclic) bond motifs is 2. The van der Waals surface area contributed by atoms with Crippen LogP contribution in [0.1, 0.15) is 60.1 Å². The summed E-state index contributed by atoms with van der Waals surface area (Å²) in [6.45, 7) is 9.78. The molecule has 37 heavy (non-hydrogen) atoms. The van der Waals surface area contributed by atoms with Crippen molar-refractivity contribution in [1.29, 1.82) is 0 Å². The zero-order chi connectivity index (χ0) is 25.7. The number of aliphatic hydroxyl groups is 1. The molecule has 6 heterocycles. The number of aromatic amines is 1. The van der Waals surface area contributed by atoms with E-state index in [1.807, 2.05) is 15.6 Å². The molecule has 2 fully saturated rings. The first-order valence-electron chi connectivity index (χ1n) is 13.1. The maximum atomic E-state index is 12.9. The highest BCUT2D eigenvalue weighted by Crippen LogP contribution is 2.46. The molecule has 0 aliphatic carbocycles. The molecule has 0 saturated carbocycles. The van der Waals surface area contributed by atoms with Gasteiger partial charge >= 0.3 is 0 Å². The molecule has 0 aromatic carbocycles. The van der Waals surface area contributed by atoms with E-state index in [0.717, 1.165) is 70.7 Å². The summed E-state index contributed by atoms with van der Waals surface area (Å²) in [6, 6.07) is 1.93. The smallest absolute Gasteiger partial charge is 0.242 e. The molecule has 2 aliphatic heterocycles. The number of aliphatic hydroxyl groups excluding tert-OH is 1. The zero-order valence-electron chi connectivity index (χ0n) is 21.6. The largest absolute Gasteiger partial charge is 0.392 e. The summed E-state index contributed by atoms with van der Waals surface area (Å²) in [5.41, 5.74) is 6.36. The Morgan fingerprint density at radius 2 is 2.14 bits per heavy atom. The summed E-state index contributed by atoms with van der Waals surface area (Å²) >= 11 is 1.76. The fourth-order valence-electron chi connectivity index (χ4n) is 5.99. The summed E-state index contributed by atoms with van der Waals surface area (Å²) < 4.78 is 7.31. The molecule has 4 aromatic heterocycles. The lowest BCUT2D eigenvalue weighted by molar-refractivity contribution is -0.137. The Labute approximate surface area is 219 Å². The third kappa shape index (κ3) is 4.25. The van der Waals surface area contributed by atoms with Gasteiger partial charge in [0, 0.05) is 47.2 Å². The van der Waals surface area contributed by atoms with Crippen LogP contribution in [0.15, 0.2) is 18.6 Å². The van der Waals surface area contributed by atoms with Crippen LogP contribution < -0.4 is 5.32 Å². The zero-order valence-corrected chi connectivity index (χ0v) is 22.4. The van der Waals surface area contributed by atoms with Gasteiger partial charge in [-0.25, -0.2) is 9.50 Å². The van der Waals surface area contributed by atoms with Crippen molar-refractivity contribution >= 4 is 33.1 Å². The Morgan fingerprint density at radius 3 is 2.84 bits per heavy atom. The van der Waals surface area contributed by atoms with Crippen LogP contribution in [-0.2, 0) is 16.1 Å². The van der Waals surface area contributed by atoms with Gasteiger partial charge in [-0.15, -0.1) is 11.3 Å². The predicted octanol–water partition coefficient (Wildman–Crippen LogP) is 3.56. The third-order valence-corrected chi connectivity index (χ3v) is 9.11. The lowest BCUT2D eigenvalue weighted by atomic mass is 9.90. The molecule has 0 spiro atoms. The fourth-order valence-corrected chi connectivity index (χ4v) is 7.39. The molecule has 2 saturated heterocycles. The van der Waals surface area contributed by atoms with E-state index < -0.39 is 0 Å². The summed E-state index contributed by atoms with van der Waals surface area (Å²) in [4.78, 5) is 25.3. The van der Waals surface area contributed by atoms with Crippen LogP contribution in [0, 0.1) is 6.92 Å². The maximum Gasteiger partial charge on any atom is 0.242 e. The van der Waals surface area contributed by atoms with Crippen molar-refractivity contribution in [2.24, 2.45) is 0 Å². The molecule has 10 heteroatoms. The van der Waals surface area contributed by atoms with Crippen LogP contribution in [-0.4, -0.2) is 74.4 Å². The minimum Gasteiger partial charge on any atom is -0.392 e. The van der Waals surface area contributed by atoms with Crippen molar-refractivity contribution in [3.05, 3.63) is 40.2 Å². The maximum absolute atomic E-state index is 12.9. The average molecular weight is 523 g/mol. The number of carbonyl (C=O) groups excluding carboxylic acids is 1. The molecule has 0 radical (unpaired) electrons. The number of nitrogens with one attached hydrogen (secondary N) is 2. The Bertz CT molecular complexity index is 1440. The van der Waals surface area contributed by atoms with E-state index in [1.165, 1.54) is 10.4 Å². The van der Waals surface area contributed by atoms with Gasteiger partial charge < -0.3 is 25.0 Å². The average Bonchev–Trinajstić information content (AvgIpc) is 3.62. The SMILES string of the molecule is Cc1cc(-c2[nH]c3sc(C4CCN(C(=O)[C@@H]5COCCN5)CC4)c(CO)c3c2C(C)C)cn2ncnc12. The number of aromatic nitrogens is 4. The molecular formula is C27H34N6O3S. The molecule has 1 amide bonds. The highest BCUT2D eigenvalue weighted by Gasteiger charge is 2.33. The van der Waals surface area contributed by atoms with Crippen molar-refractivity contribution in [1.82, 2.24) is 29.8 Å². The van der Waals surface area contributed by atoms with Gasteiger partial charge in [0.1, 0.15) is 17.2 Å². The second-order valence-electron chi connectivity index (χ2n) is 10.5. The number of nitrogens with zero attached hydrogens (tertiary/aromatic N) is 4. The second kappa shape index (κ2) is 9.83. The Hall–Kier alpha value is -2.79. The van der Waals surface area contributed by atoms with E-state index in [1.54, 1.807) is 17.7 Å². The van der Waals surface area contributed by atoms with Gasteiger partial charge in [0.15, 0.2) is 5.65 Å². The van der Waals surface area contributed by atoms with Gasteiger partial charge in [-0.1, -0.05) is 13.8 Å². The first-order valence-corrected chi connectivity index (χ1v) is 14.0. The summed E-state index contributed by atoms with van der Waals surface area (Å²) in [5, 5.41) is 19.4. The number of hydrogen-bond acceptors (Lipinski definition) is 7. The number of H-pyrrole nitrogens is 1. The van der Waals surface area contributed by atoms with Gasteiger partial charge in [-0.05, 0) is 48.8 Å². The highest BCUT2D eigenvalue weighted by atomic mass is 32.1. The van der Waals surface area contributed by atoms with E-state index in [-0.39, 0.29) is 24.5 Å². The number of amides is 1. The Balaban J connectivity index is 1.31. The van der Waals surface area contributed by atoms with Gasteiger partial charge in [-0.2, -0.15) is 5.10 Å². The van der Waals surface area contributed by atoms with Crippen LogP contribution in [0.2, 0.25) is 0 Å². The minimum absolute atomic E-state index is 0.00988. The topological polar surface area (TPSA) is 108 Å². The number of carbonyl (C=O) groups is 1. The number of thiophene rings is 1. The fraction of sp³-hybridized carbons (Fsp3) is 0.519. The normalized spacial score (nSPS) is 19.5. The standard InChI is InChI=1S/C27H34N6O3S/c1-15(2)21-22-19(12-34)24(17-4-7-32(8-5-17)27(35)20-13-36-9-6-28-20)37-26(22)31-23(21)18-10-16(3)25-29-14-30-33(25)11-18/h10-11,14-15,17,20,28,31,34H,4-9,12-13H2,1-3H3/t20-/m0/s1. The molecule has 6 rings (SSSR count). The molecule has 4 aromatic rings. The predicted molar refractivity (Wildman–Crippen MR) is 144 cm³/mol. The molecular weight excluding hydrogens is 488 g/mol. The molecule has 0 bridgehead atoms. The lowest BCUT2D eigenvalue weighted by Gasteiger charge is -2.35. The van der Waals surface area contributed by atoms with Crippen molar-refractivity contribution < 1.29 is 14.6 Å². The molecule has 196 valence electrons. The molecule has 9 nitrogen and oxygen atoms in total. The number of piperidine rings is 1. The van der Waals surface area contributed by atoms with E-state index in [0.29, 0.717) is 19.1 Å². The van der Waals surface area contributed by atoms with Gasteiger partial charge in [0.2, 0.25) is 5.91 Å². The number of pyridine rings is 1. The lowest BCUT2D eigenvalue weighted by Crippen LogP contribution is -2.53. The van der Waals surface area contributed by atoms with Crippen LogP contribution in [0.5, 0.6) is 0 Å². The van der Waals surface area contributed by atoms with Crippen LogP contribution >= 0.6 is 11.3 Å².